The van der Waals surface area contributed by atoms with Gasteiger partial charge in [0.15, 0.2) is 5.78 Å². The van der Waals surface area contributed by atoms with Gasteiger partial charge in [-0.2, -0.15) is 0 Å². The number of carbonyl (C=O) groups excluding carboxylic acids is 2. The SMILES string of the molecule is CC(C)C1=C2C3CCC4[C@@]5(C)CC[C@H](OC(=O)CC(C)(C)C(=O)O)C(C)(C)[C@@H]5CC[C@@]4(C)[C@]3(C)CC[C@@]2(CCNCc2ccc(Cl)cc2)CC1=O. The molecule has 7 heteroatoms. The van der Waals surface area contributed by atoms with Crippen LogP contribution < -0.4 is 5.32 Å². The molecule has 5 aliphatic carbocycles. The van der Waals surface area contributed by atoms with Crippen molar-refractivity contribution >= 4 is 29.3 Å². The molecule has 6 rings (SSSR count). The minimum atomic E-state index is -1.15. The third kappa shape index (κ3) is 6.24. The monoisotopic (exact) mass is 721 g/mol. The van der Waals surface area contributed by atoms with Gasteiger partial charge >= 0.3 is 11.9 Å². The number of esters is 1. The highest BCUT2D eigenvalue weighted by molar-refractivity contribution is 6.30. The van der Waals surface area contributed by atoms with Crippen molar-refractivity contribution < 1.29 is 24.2 Å². The summed E-state index contributed by atoms with van der Waals surface area (Å²) >= 11 is 6.12. The van der Waals surface area contributed by atoms with Gasteiger partial charge in [-0.05, 0) is 141 Å². The van der Waals surface area contributed by atoms with Crippen LogP contribution in [0.1, 0.15) is 139 Å². The van der Waals surface area contributed by atoms with E-state index in [2.05, 4.69) is 65.9 Å². The highest BCUT2D eigenvalue weighted by atomic mass is 35.5. The average Bonchev–Trinajstić information content (AvgIpc) is 3.34. The summed E-state index contributed by atoms with van der Waals surface area (Å²) in [6.45, 7) is 21.7. The van der Waals surface area contributed by atoms with E-state index in [9.17, 15) is 19.5 Å². The fraction of sp³-hybridized carbons (Fsp3) is 0.750. The molecule has 282 valence electrons. The zero-order valence-electron chi connectivity index (χ0n) is 32.8. The number of aliphatic carboxylic acids is 1. The summed E-state index contributed by atoms with van der Waals surface area (Å²) in [7, 11) is 0. The average molecular weight is 722 g/mol. The molecule has 0 spiro atoms. The first-order chi connectivity index (χ1) is 23.7. The van der Waals surface area contributed by atoms with Crippen LogP contribution in [-0.2, 0) is 25.7 Å². The summed E-state index contributed by atoms with van der Waals surface area (Å²) < 4.78 is 6.18. The number of carboxylic acid groups (broad SMARTS) is 1. The smallest absolute Gasteiger partial charge is 0.309 e. The van der Waals surface area contributed by atoms with Crippen LogP contribution in [0.5, 0.6) is 0 Å². The van der Waals surface area contributed by atoms with Gasteiger partial charge in [-0.3, -0.25) is 14.4 Å². The Labute approximate surface area is 312 Å². The number of benzene rings is 1. The number of Topliss-reactive ketones (excluding diaryl/α,β-unsaturated/α-hetero) is 1. The Hall–Kier alpha value is -2.18. The third-order valence-corrected chi connectivity index (χ3v) is 16.2. The molecule has 4 fully saturated rings. The van der Waals surface area contributed by atoms with Gasteiger partial charge in [0.2, 0.25) is 0 Å². The Morgan fingerprint density at radius 2 is 1.63 bits per heavy atom. The molecular weight excluding hydrogens is 658 g/mol. The van der Waals surface area contributed by atoms with Gasteiger partial charge in [-0.25, -0.2) is 0 Å². The molecule has 0 radical (unpaired) electrons. The van der Waals surface area contributed by atoms with Crippen LogP contribution in [0.25, 0.3) is 0 Å². The first kappa shape index (κ1) is 38.5. The largest absolute Gasteiger partial charge is 0.481 e. The topological polar surface area (TPSA) is 92.7 Å². The van der Waals surface area contributed by atoms with E-state index in [1.165, 1.54) is 17.6 Å². The second kappa shape index (κ2) is 13.3. The van der Waals surface area contributed by atoms with Crippen molar-refractivity contribution in [2.45, 2.75) is 146 Å². The Morgan fingerprint density at radius 1 is 0.941 bits per heavy atom. The molecule has 0 saturated heterocycles. The number of hydrogen-bond donors (Lipinski definition) is 2. The maximum absolute atomic E-state index is 14.0. The number of fused-ring (bicyclic) bond motifs is 7. The standard InChI is InChI=1S/C44H64ClNO5/c1-27(2)36-31(47)24-44(22-23-46-26-28-10-12-29(45)13-11-28)21-20-42(8)30(37(36)44)14-15-33-41(7)18-17-34(51-35(48)25-39(3,4)38(49)50)40(5,6)32(41)16-19-43(33,42)9/h10-13,27,30,32-34,46H,14-26H2,1-9H3,(H,49,50)/t30?,32-,33?,34-,41-,42+,43+,44+/m0/s1. The second-order valence-electron chi connectivity index (χ2n) is 19.7. The molecule has 0 heterocycles. The van der Waals surface area contributed by atoms with Crippen LogP contribution in [0.3, 0.4) is 0 Å². The molecular formula is C44H64ClNO5. The molecule has 8 atom stereocenters. The van der Waals surface area contributed by atoms with E-state index in [0.29, 0.717) is 30.0 Å². The molecule has 2 unspecified atom stereocenters. The third-order valence-electron chi connectivity index (χ3n) is 16.0. The van der Waals surface area contributed by atoms with Crippen molar-refractivity contribution in [2.75, 3.05) is 6.54 Å². The molecule has 1 aromatic carbocycles. The molecule has 0 amide bonds. The molecule has 4 saturated carbocycles. The number of halogens is 1. The lowest BCUT2D eigenvalue weighted by Gasteiger charge is -2.72. The van der Waals surface area contributed by atoms with Crippen molar-refractivity contribution in [3.05, 3.63) is 46.0 Å². The fourth-order valence-corrected chi connectivity index (χ4v) is 13.2. The predicted octanol–water partition coefficient (Wildman–Crippen LogP) is 10.2. The lowest BCUT2D eigenvalue weighted by atomic mass is 9.33. The highest BCUT2D eigenvalue weighted by Gasteiger charge is 2.70. The summed E-state index contributed by atoms with van der Waals surface area (Å²) in [5.41, 5.74) is 2.89. The zero-order valence-corrected chi connectivity index (χ0v) is 33.6. The number of ether oxygens (including phenoxy) is 1. The number of hydrogen-bond acceptors (Lipinski definition) is 5. The molecule has 1 aromatic rings. The highest BCUT2D eigenvalue weighted by Crippen LogP contribution is 2.77. The predicted molar refractivity (Wildman–Crippen MR) is 203 cm³/mol. The number of rotatable bonds is 10. The lowest BCUT2D eigenvalue weighted by molar-refractivity contribution is -0.233. The van der Waals surface area contributed by atoms with E-state index in [1.807, 2.05) is 12.1 Å². The van der Waals surface area contributed by atoms with Crippen molar-refractivity contribution in [1.29, 1.82) is 0 Å². The normalized spacial score (nSPS) is 37.4. The summed E-state index contributed by atoms with van der Waals surface area (Å²) in [5, 5.41) is 14.1. The number of carbonyl (C=O) groups is 3. The van der Waals surface area contributed by atoms with Crippen molar-refractivity contribution in [2.24, 2.45) is 56.2 Å². The molecule has 6 nitrogen and oxygen atoms in total. The summed E-state index contributed by atoms with van der Waals surface area (Å²) in [4.78, 5) is 38.8. The van der Waals surface area contributed by atoms with Gasteiger partial charge in [0.05, 0.1) is 11.8 Å². The molecule has 51 heavy (non-hydrogen) atoms. The molecule has 2 N–H and O–H groups in total. The summed E-state index contributed by atoms with van der Waals surface area (Å²) in [6.07, 6.45) is 9.98. The Morgan fingerprint density at radius 3 is 2.27 bits per heavy atom. The number of carboxylic acids is 1. The Kier molecular flexibility index (Phi) is 10.0. The van der Waals surface area contributed by atoms with Gasteiger partial charge in [0.1, 0.15) is 6.10 Å². The van der Waals surface area contributed by atoms with E-state index in [0.717, 1.165) is 75.1 Å². The first-order valence-electron chi connectivity index (χ1n) is 19.9. The van der Waals surface area contributed by atoms with Crippen molar-refractivity contribution in [3.8, 4) is 0 Å². The van der Waals surface area contributed by atoms with Crippen LogP contribution in [0.2, 0.25) is 5.02 Å². The number of allylic oxidation sites excluding steroid dienone is 2. The fourth-order valence-electron chi connectivity index (χ4n) is 13.0. The second-order valence-corrected chi connectivity index (χ2v) is 20.2. The molecule has 5 aliphatic rings. The van der Waals surface area contributed by atoms with Crippen LogP contribution in [-0.4, -0.2) is 35.5 Å². The minimum absolute atomic E-state index is 0.0444. The van der Waals surface area contributed by atoms with Crippen molar-refractivity contribution in [1.82, 2.24) is 5.32 Å². The quantitative estimate of drug-likeness (QED) is 0.185. The first-order valence-corrected chi connectivity index (χ1v) is 20.3. The van der Waals surface area contributed by atoms with Gasteiger partial charge in [-0.1, -0.05) is 77.8 Å². The Balaban J connectivity index is 1.24. The van der Waals surface area contributed by atoms with Crippen molar-refractivity contribution in [3.63, 3.8) is 0 Å². The van der Waals surface area contributed by atoms with Crippen LogP contribution in [0, 0.1) is 56.2 Å². The molecule has 0 bridgehead atoms. The number of nitrogens with one attached hydrogen (secondary N) is 1. The van der Waals surface area contributed by atoms with Gasteiger partial charge in [0.25, 0.3) is 0 Å². The van der Waals surface area contributed by atoms with Crippen LogP contribution in [0.15, 0.2) is 35.4 Å². The summed E-state index contributed by atoms with van der Waals surface area (Å²) in [5.74, 6) is 0.647. The summed E-state index contributed by atoms with van der Waals surface area (Å²) in [6, 6.07) is 8.06. The zero-order chi connectivity index (χ0) is 37.4. The van der Waals surface area contributed by atoms with Crippen LogP contribution >= 0.6 is 11.6 Å². The van der Waals surface area contributed by atoms with E-state index in [-0.39, 0.29) is 45.5 Å². The van der Waals surface area contributed by atoms with E-state index < -0.39 is 17.4 Å². The maximum Gasteiger partial charge on any atom is 0.309 e. The van der Waals surface area contributed by atoms with Gasteiger partial charge in [-0.15, -0.1) is 0 Å². The lowest BCUT2D eigenvalue weighted by Crippen LogP contribution is -2.65. The van der Waals surface area contributed by atoms with E-state index in [4.69, 9.17) is 16.3 Å². The molecule has 0 aliphatic heterocycles. The van der Waals surface area contributed by atoms with E-state index in [1.54, 1.807) is 13.8 Å². The van der Waals surface area contributed by atoms with Gasteiger partial charge in [0, 0.05) is 28.8 Å². The Bertz CT molecular complexity index is 1580. The minimum Gasteiger partial charge on any atom is -0.481 e. The molecule has 0 aromatic heterocycles. The maximum atomic E-state index is 14.0. The van der Waals surface area contributed by atoms with Crippen LogP contribution in [0.4, 0.5) is 0 Å². The van der Waals surface area contributed by atoms with Gasteiger partial charge < -0.3 is 15.2 Å². The van der Waals surface area contributed by atoms with E-state index >= 15 is 0 Å². The number of ketones is 1.